The highest BCUT2D eigenvalue weighted by molar-refractivity contribution is 14.1. The van der Waals surface area contributed by atoms with Gasteiger partial charge in [0.15, 0.2) is 18.1 Å². The number of amides is 2. The minimum Gasteiger partial charge on any atom is -0.493 e. The zero-order chi connectivity index (χ0) is 24.9. The van der Waals surface area contributed by atoms with E-state index in [2.05, 4.69) is 48.9 Å². The summed E-state index contributed by atoms with van der Waals surface area (Å²) in [7, 11) is 1.53. The van der Waals surface area contributed by atoms with E-state index in [-0.39, 0.29) is 18.4 Å². The molecule has 35 heavy (non-hydrogen) atoms. The van der Waals surface area contributed by atoms with Crippen molar-refractivity contribution in [3.05, 3.63) is 85.9 Å². The zero-order valence-electron chi connectivity index (χ0n) is 18.9. The highest BCUT2D eigenvalue weighted by atomic mass is 127. The van der Waals surface area contributed by atoms with Gasteiger partial charge in [0.25, 0.3) is 11.8 Å². The second kappa shape index (κ2) is 11.0. The lowest BCUT2D eigenvalue weighted by Crippen LogP contribution is -2.21. The second-order valence-electron chi connectivity index (χ2n) is 7.58. The van der Waals surface area contributed by atoms with Gasteiger partial charge < -0.3 is 14.8 Å². The van der Waals surface area contributed by atoms with E-state index in [0.717, 1.165) is 13.6 Å². The minimum atomic E-state index is -0.281. The maximum atomic E-state index is 13.1. The first-order chi connectivity index (χ1) is 16.9. The molecule has 1 heterocycles. The van der Waals surface area contributed by atoms with Gasteiger partial charge in [-0.3, -0.25) is 9.59 Å². The minimum absolute atomic E-state index is 0.173. The van der Waals surface area contributed by atoms with Crippen LogP contribution in [0.2, 0.25) is 0 Å². The number of para-hydroxylation sites is 1. The van der Waals surface area contributed by atoms with Crippen molar-refractivity contribution in [1.29, 1.82) is 0 Å². The van der Waals surface area contributed by atoms with Gasteiger partial charge in [0.1, 0.15) is 0 Å². The van der Waals surface area contributed by atoms with Crippen molar-refractivity contribution in [3.63, 3.8) is 0 Å². The number of anilines is 2. The summed E-state index contributed by atoms with van der Waals surface area (Å²) < 4.78 is 12.9. The lowest BCUT2D eigenvalue weighted by atomic mass is 10.1. The first-order valence-corrected chi connectivity index (χ1v) is 12.5. The van der Waals surface area contributed by atoms with Crippen molar-refractivity contribution in [2.45, 2.75) is 6.92 Å². The Labute approximate surface area is 225 Å². The number of methoxy groups -OCH3 is 1. The smallest absolute Gasteiger partial charge is 0.280 e. The Bertz CT molecular complexity index is 1340. The fourth-order valence-corrected chi connectivity index (χ4v) is 4.62. The Kier molecular flexibility index (Phi) is 7.86. The van der Waals surface area contributed by atoms with Crippen LogP contribution in [0, 0.1) is 3.57 Å². The number of benzene rings is 3. The van der Waals surface area contributed by atoms with E-state index in [1.807, 2.05) is 48.5 Å². The number of carbonyl (C=O) groups is 2. The topological polar surface area (TPSA) is 80.2 Å². The molecule has 178 valence electrons. The SMILES string of the molecule is COc1cc(/C=C2/C(=O)N(c3cccc(Br)c3)N=C2C)cc(I)c1OCC(=O)Nc1ccccc1. The second-order valence-corrected chi connectivity index (χ2v) is 9.66. The molecule has 0 saturated heterocycles. The number of hydrogen-bond donors (Lipinski definition) is 1. The van der Waals surface area contributed by atoms with E-state index in [1.54, 1.807) is 31.2 Å². The van der Waals surface area contributed by atoms with Crippen LogP contribution in [0.3, 0.4) is 0 Å². The number of nitrogens with zero attached hydrogens (tertiary/aromatic N) is 2. The van der Waals surface area contributed by atoms with Gasteiger partial charge in [-0.25, -0.2) is 0 Å². The van der Waals surface area contributed by atoms with Gasteiger partial charge in [-0.15, -0.1) is 0 Å². The average Bonchev–Trinajstić information content (AvgIpc) is 3.12. The molecule has 1 N–H and O–H groups in total. The normalized spacial score (nSPS) is 14.2. The van der Waals surface area contributed by atoms with E-state index in [1.165, 1.54) is 12.1 Å². The molecule has 0 atom stereocenters. The quantitative estimate of drug-likeness (QED) is 0.257. The summed E-state index contributed by atoms with van der Waals surface area (Å²) in [5.74, 6) is 0.418. The molecule has 0 bridgehead atoms. The maximum absolute atomic E-state index is 13.1. The predicted molar refractivity (Wildman–Crippen MR) is 149 cm³/mol. The van der Waals surface area contributed by atoms with E-state index in [9.17, 15) is 9.59 Å². The van der Waals surface area contributed by atoms with Crippen molar-refractivity contribution in [3.8, 4) is 11.5 Å². The third kappa shape index (κ3) is 5.91. The molecule has 0 unspecified atom stereocenters. The molecule has 9 heteroatoms. The van der Waals surface area contributed by atoms with Crippen molar-refractivity contribution < 1.29 is 19.1 Å². The molecule has 1 aliphatic heterocycles. The molecule has 4 rings (SSSR count). The van der Waals surface area contributed by atoms with Gasteiger partial charge in [-0.1, -0.05) is 40.2 Å². The van der Waals surface area contributed by atoms with Crippen LogP contribution in [0.25, 0.3) is 6.08 Å². The standard InChI is InChI=1S/C26H21BrIN3O4/c1-16-21(26(33)31(30-16)20-10-6-7-18(27)14-20)11-17-12-22(28)25(23(13-17)34-2)35-15-24(32)29-19-8-4-3-5-9-19/h3-14H,15H2,1-2H3,(H,29,32)/b21-11+. The highest BCUT2D eigenvalue weighted by Gasteiger charge is 2.29. The molecule has 0 aromatic heterocycles. The number of ether oxygens (including phenoxy) is 2. The van der Waals surface area contributed by atoms with Gasteiger partial charge in [0, 0.05) is 10.2 Å². The Morgan fingerprint density at radius 2 is 1.91 bits per heavy atom. The van der Waals surface area contributed by atoms with Gasteiger partial charge in [-0.05, 0) is 83.6 Å². The predicted octanol–water partition coefficient (Wildman–Crippen LogP) is 5.89. The maximum Gasteiger partial charge on any atom is 0.280 e. The Balaban J connectivity index is 1.52. The fraction of sp³-hybridized carbons (Fsp3) is 0.115. The Morgan fingerprint density at radius 1 is 1.14 bits per heavy atom. The van der Waals surface area contributed by atoms with Crippen LogP contribution in [-0.4, -0.2) is 31.2 Å². The molecular weight excluding hydrogens is 625 g/mol. The molecule has 0 radical (unpaired) electrons. The molecule has 0 aliphatic carbocycles. The van der Waals surface area contributed by atoms with Crippen LogP contribution in [0.15, 0.2) is 81.9 Å². The van der Waals surface area contributed by atoms with Gasteiger partial charge in [-0.2, -0.15) is 10.1 Å². The number of carbonyl (C=O) groups excluding carboxylic acids is 2. The van der Waals surface area contributed by atoms with Crippen LogP contribution in [-0.2, 0) is 9.59 Å². The summed E-state index contributed by atoms with van der Waals surface area (Å²) in [5, 5.41) is 8.60. The van der Waals surface area contributed by atoms with Crippen LogP contribution < -0.4 is 19.8 Å². The lowest BCUT2D eigenvalue weighted by Gasteiger charge is -2.14. The van der Waals surface area contributed by atoms with E-state index < -0.39 is 0 Å². The zero-order valence-corrected chi connectivity index (χ0v) is 22.7. The summed E-state index contributed by atoms with van der Waals surface area (Å²) in [6, 6.07) is 20.2. The molecule has 0 saturated carbocycles. The first kappa shape index (κ1) is 24.9. The van der Waals surface area contributed by atoms with E-state index in [4.69, 9.17) is 9.47 Å². The Morgan fingerprint density at radius 3 is 2.63 bits per heavy atom. The molecule has 2 amide bonds. The lowest BCUT2D eigenvalue weighted by molar-refractivity contribution is -0.118. The van der Waals surface area contributed by atoms with Crippen molar-refractivity contribution in [2.75, 3.05) is 24.0 Å². The number of nitrogens with one attached hydrogen (secondary N) is 1. The molecule has 3 aromatic carbocycles. The highest BCUT2D eigenvalue weighted by Crippen LogP contribution is 2.35. The van der Waals surface area contributed by atoms with Gasteiger partial charge in [0.05, 0.1) is 27.7 Å². The van der Waals surface area contributed by atoms with Crippen molar-refractivity contribution in [1.82, 2.24) is 0 Å². The van der Waals surface area contributed by atoms with Crippen LogP contribution in [0.4, 0.5) is 11.4 Å². The summed E-state index contributed by atoms with van der Waals surface area (Å²) >= 11 is 5.55. The molecule has 0 spiro atoms. The number of hydrogen-bond acceptors (Lipinski definition) is 5. The van der Waals surface area contributed by atoms with Crippen molar-refractivity contribution in [2.24, 2.45) is 5.10 Å². The fourth-order valence-electron chi connectivity index (χ4n) is 3.45. The summed E-state index contributed by atoms with van der Waals surface area (Å²) in [6.45, 7) is 1.63. The first-order valence-electron chi connectivity index (χ1n) is 10.6. The molecule has 7 nitrogen and oxygen atoms in total. The Hall–Kier alpha value is -3.18. The van der Waals surface area contributed by atoms with E-state index >= 15 is 0 Å². The monoisotopic (exact) mass is 645 g/mol. The average molecular weight is 646 g/mol. The molecular formula is C26H21BrIN3O4. The number of hydrazone groups is 1. The molecule has 3 aromatic rings. The molecule has 1 aliphatic rings. The van der Waals surface area contributed by atoms with Crippen LogP contribution in [0.5, 0.6) is 11.5 Å². The summed E-state index contributed by atoms with van der Waals surface area (Å²) in [6.07, 6.45) is 1.77. The molecule has 0 fully saturated rings. The number of rotatable bonds is 7. The van der Waals surface area contributed by atoms with Crippen molar-refractivity contribution >= 4 is 73.5 Å². The van der Waals surface area contributed by atoms with E-state index in [0.29, 0.717) is 34.2 Å². The van der Waals surface area contributed by atoms with Gasteiger partial charge >= 0.3 is 0 Å². The van der Waals surface area contributed by atoms with Crippen LogP contribution in [0.1, 0.15) is 12.5 Å². The number of halogens is 2. The summed E-state index contributed by atoms with van der Waals surface area (Å²) in [4.78, 5) is 25.4. The van der Waals surface area contributed by atoms with Gasteiger partial charge in [0.2, 0.25) is 0 Å². The van der Waals surface area contributed by atoms with Crippen LogP contribution >= 0.6 is 38.5 Å². The third-order valence-corrected chi connectivity index (χ3v) is 6.38. The largest absolute Gasteiger partial charge is 0.493 e. The third-order valence-electron chi connectivity index (χ3n) is 5.08. The summed E-state index contributed by atoms with van der Waals surface area (Å²) in [5.41, 5.74) is 3.22.